The third-order valence-electron chi connectivity index (χ3n) is 5.85. The van der Waals surface area contributed by atoms with Crippen LogP contribution in [-0.4, -0.2) is 50.5 Å². The maximum absolute atomic E-state index is 12.1. The van der Waals surface area contributed by atoms with Crippen LogP contribution in [0.1, 0.15) is 86.9 Å². The fourth-order valence-electron chi connectivity index (χ4n) is 3.66. The number of amides is 1. The number of esters is 1. The van der Waals surface area contributed by atoms with Crippen LogP contribution in [-0.2, 0) is 34.0 Å². The predicted octanol–water partition coefficient (Wildman–Crippen LogP) is 5.44. The van der Waals surface area contributed by atoms with Crippen molar-refractivity contribution in [2.75, 3.05) is 19.0 Å². The molecule has 0 saturated heterocycles. The summed E-state index contributed by atoms with van der Waals surface area (Å²) in [4.78, 5) is 35.2. The summed E-state index contributed by atoms with van der Waals surface area (Å²) in [6.45, 7) is 3.51. The second kappa shape index (κ2) is 18.0. The molecule has 36 heavy (non-hydrogen) atoms. The fourth-order valence-corrected chi connectivity index (χ4v) is 4.31. The van der Waals surface area contributed by atoms with Gasteiger partial charge in [-0.15, -0.1) is 0 Å². The van der Waals surface area contributed by atoms with Crippen molar-refractivity contribution < 1.29 is 38.3 Å². The molecule has 208 valence electrons. The van der Waals surface area contributed by atoms with E-state index in [0.717, 1.165) is 38.5 Å². The number of nitrogens with one attached hydrogen (secondary N) is 1. The summed E-state index contributed by atoms with van der Waals surface area (Å²) in [6, 6.07) is 5.72. The summed E-state index contributed by atoms with van der Waals surface area (Å²) in [6.07, 6.45) is 7.28. The van der Waals surface area contributed by atoms with Crippen molar-refractivity contribution in [3.8, 4) is 0 Å². The number of carbonyl (C=O) groups excluding carboxylic acids is 3. The Kier molecular flexibility index (Phi) is 16.9. The number of ketones is 1. The number of para-hydroxylation sites is 1. The molecule has 1 aromatic carbocycles. The Morgan fingerprint density at radius 2 is 1.58 bits per heavy atom. The highest BCUT2D eigenvalue weighted by Crippen LogP contribution is 2.21. The van der Waals surface area contributed by atoms with Gasteiger partial charge in [-0.05, 0) is 51.7 Å². The largest absolute Gasteiger partial charge is 0.464 e. The van der Waals surface area contributed by atoms with Gasteiger partial charge in [-0.25, -0.2) is 4.79 Å². The lowest BCUT2D eigenvalue weighted by Crippen LogP contribution is -2.22. The lowest BCUT2D eigenvalue weighted by Gasteiger charge is -2.14. The van der Waals surface area contributed by atoms with Crippen LogP contribution in [0.25, 0.3) is 0 Å². The van der Waals surface area contributed by atoms with Gasteiger partial charge < -0.3 is 14.8 Å². The number of ether oxygens (including phenoxy) is 2. The van der Waals surface area contributed by atoms with E-state index in [2.05, 4.69) is 5.32 Å². The van der Waals surface area contributed by atoms with E-state index in [9.17, 15) is 27.4 Å². The van der Waals surface area contributed by atoms with Crippen molar-refractivity contribution in [3.05, 3.63) is 24.3 Å². The molecule has 0 radical (unpaired) electrons. The molecule has 0 aromatic heterocycles. The van der Waals surface area contributed by atoms with E-state index < -0.39 is 22.2 Å². The van der Waals surface area contributed by atoms with E-state index in [1.165, 1.54) is 25.3 Å². The van der Waals surface area contributed by atoms with Crippen molar-refractivity contribution in [1.82, 2.24) is 0 Å². The molecule has 0 aliphatic heterocycles. The molecule has 0 fully saturated rings. The molecule has 2 N–H and O–H groups in total. The molecule has 0 spiro atoms. The minimum absolute atomic E-state index is 0. The van der Waals surface area contributed by atoms with Crippen molar-refractivity contribution in [2.24, 2.45) is 5.92 Å². The molecule has 10 heteroatoms. The highest BCUT2D eigenvalue weighted by molar-refractivity contribution is 7.86. The molecule has 2 unspecified atom stereocenters. The highest BCUT2D eigenvalue weighted by atomic mass is 32.2. The molecular formula is C26H45NO8S. The molecule has 9 nitrogen and oxygen atoms in total. The molecule has 0 bridgehead atoms. The first-order chi connectivity index (χ1) is 16.6. The van der Waals surface area contributed by atoms with Crippen LogP contribution in [0.5, 0.6) is 0 Å². The van der Waals surface area contributed by atoms with E-state index in [0.29, 0.717) is 19.3 Å². The van der Waals surface area contributed by atoms with E-state index >= 15 is 0 Å². The molecule has 1 rings (SSSR count). The molecule has 0 saturated carbocycles. The average molecular weight is 533 g/mol. The van der Waals surface area contributed by atoms with Crippen LogP contribution >= 0.6 is 0 Å². The summed E-state index contributed by atoms with van der Waals surface area (Å²) in [5.74, 6) is -0.564. The zero-order valence-electron chi connectivity index (χ0n) is 21.0. The number of methoxy groups -OCH3 is 1. The van der Waals surface area contributed by atoms with Crippen LogP contribution < -0.4 is 5.32 Å². The Labute approximate surface area is 217 Å². The first kappa shape index (κ1) is 33.7. The van der Waals surface area contributed by atoms with Gasteiger partial charge in [-0.3, -0.25) is 14.1 Å². The Balaban J connectivity index is 0. The summed E-state index contributed by atoms with van der Waals surface area (Å²) < 4.78 is 42.1. The van der Waals surface area contributed by atoms with Gasteiger partial charge in [0.05, 0.1) is 12.3 Å². The van der Waals surface area contributed by atoms with Crippen molar-refractivity contribution in [2.45, 2.75) is 96.5 Å². The quantitative estimate of drug-likeness (QED) is 0.145. The van der Waals surface area contributed by atoms with Crippen molar-refractivity contribution in [3.63, 3.8) is 0 Å². The molecule has 0 aliphatic carbocycles. The molecule has 1 aromatic rings. The minimum atomic E-state index is -4.40. The van der Waals surface area contributed by atoms with E-state index in [1.54, 1.807) is 19.9 Å². The zero-order chi connectivity index (χ0) is 26.3. The van der Waals surface area contributed by atoms with Gasteiger partial charge in [0.2, 0.25) is 5.91 Å². The van der Waals surface area contributed by atoms with E-state index in [-0.39, 0.29) is 50.1 Å². The van der Waals surface area contributed by atoms with Gasteiger partial charge in [0.25, 0.3) is 10.1 Å². The predicted molar refractivity (Wildman–Crippen MR) is 142 cm³/mol. The van der Waals surface area contributed by atoms with Gasteiger partial charge in [-0.2, -0.15) is 8.42 Å². The van der Waals surface area contributed by atoms with Crippen LogP contribution in [0.15, 0.2) is 29.2 Å². The van der Waals surface area contributed by atoms with Crippen LogP contribution in [0.3, 0.4) is 0 Å². The monoisotopic (exact) mass is 532 g/mol. The zero-order valence-corrected chi connectivity index (χ0v) is 21.8. The lowest BCUT2D eigenvalue weighted by molar-refractivity contribution is -0.154. The summed E-state index contributed by atoms with van der Waals surface area (Å²) in [5.41, 5.74) is 0.0720. The van der Waals surface area contributed by atoms with Crippen molar-refractivity contribution >= 4 is 33.5 Å². The van der Waals surface area contributed by atoms with E-state index in [1.807, 2.05) is 0 Å². The van der Waals surface area contributed by atoms with Crippen LogP contribution in [0, 0.1) is 5.92 Å². The minimum Gasteiger partial charge on any atom is -0.464 e. The van der Waals surface area contributed by atoms with Crippen molar-refractivity contribution in [1.29, 1.82) is 0 Å². The summed E-state index contributed by atoms with van der Waals surface area (Å²) in [7, 11) is -2.95. The summed E-state index contributed by atoms with van der Waals surface area (Å²) in [5, 5.41) is 2.54. The second-order valence-corrected chi connectivity index (χ2v) is 10.1. The molecule has 1 amide bonds. The molecule has 2 atom stereocenters. The second-order valence-electron chi connectivity index (χ2n) is 8.67. The van der Waals surface area contributed by atoms with Crippen LogP contribution in [0.4, 0.5) is 5.69 Å². The Morgan fingerprint density at radius 3 is 2.19 bits per heavy atom. The van der Waals surface area contributed by atoms with Gasteiger partial charge in [0, 0.05) is 20.9 Å². The Bertz CT molecular complexity index is 923. The molecule has 0 heterocycles. The standard InChI is InChI=1S/C25H39NO8S.CH4.H2/c1-19(27)21(14-12-18-34-25(29)20(2)33-3)13-8-6-4-5-7-9-17-24(28)26-22-15-10-11-16-23(22)35(30,31)32;;/h10-11,15-16,20-21H,4-9,12-14,17-18H2,1-3H3,(H,26,28)(H,30,31,32);1H4;1H/i;;1+1. The topological polar surface area (TPSA) is 136 Å². The van der Waals surface area contributed by atoms with Gasteiger partial charge >= 0.3 is 5.97 Å². The average Bonchev–Trinajstić information content (AvgIpc) is 2.80. The highest BCUT2D eigenvalue weighted by Gasteiger charge is 2.17. The fraction of sp³-hybridized carbons (Fsp3) is 0.654. The first-order valence-corrected chi connectivity index (χ1v) is 13.6. The Hall–Kier alpha value is -2.30. The van der Waals surface area contributed by atoms with Gasteiger partial charge in [0.15, 0.2) is 6.10 Å². The number of rotatable bonds is 18. The summed E-state index contributed by atoms with van der Waals surface area (Å²) >= 11 is 0. The third kappa shape index (κ3) is 13.7. The number of hydrogen-bond acceptors (Lipinski definition) is 7. The SMILES string of the molecule is C.COC(C)C(=O)OCCCC(CCCCCCCCC(=O)Nc1ccccc1S(=O)(=O)O)C(C)=O.[2HH]. The van der Waals surface area contributed by atoms with Gasteiger partial charge in [0.1, 0.15) is 10.7 Å². The van der Waals surface area contributed by atoms with Gasteiger partial charge in [-0.1, -0.05) is 51.7 Å². The van der Waals surface area contributed by atoms with Crippen LogP contribution in [0.2, 0.25) is 0 Å². The maximum Gasteiger partial charge on any atom is 0.334 e. The lowest BCUT2D eigenvalue weighted by atomic mass is 9.92. The number of hydrogen-bond donors (Lipinski definition) is 2. The third-order valence-corrected chi connectivity index (χ3v) is 6.76. The number of unbranched alkanes of at least 4 members (excludes halogenated alkanes) is 5. The molecule has 0 aliphatic rings. The maximum atomic E-state index is 12.1. The number of carbonyl (C=O) groups is 3. The number of Topliss-reactive ketones (excluding diaryl/α,β-unsaturated/α-hetero) is 1. The Morgan fingerprint density at radius 1 is 1.00 bits per heavy atom. The first-order valence-electron chi connectivity index (χ1n) is 12.1. The normalized spacial score (nSPS) is 12.8. The number of anilines is 1. The van der Waals surface area contributed by atoms with E-state index in [4.69, 9.17) is 9.47 Å². The number of benzene rings is 1. The molecular weight excluding hydrogens is 486 g/mol. The smallest absolute Gasteiger partial charge is 0.334 e.